The monoisotopic (exact) mass is 237 g/mol. The van der Waals surface area contributed by atoms with Gasteiger partial charge < -0.3 is 10.4 Å². The standard InChI is InChI=1S/C12H15NO2S/c1-16-9-7-12(15)13-8-6-10-2-4-11(14)5-3-10/h2-5,7,9,14H,6,8H2,1H3,(H,13,15)/b9-7-. The fourth-order valence-corrected chi connectivity index (χ4v) is 1.44. The molecular weight excluding hydrogens is 222 g/mol. The highest BCUT2D eigenvalue weighted by Crippen LogP contribution is 2.09. The van der Waals surface area contributed by atoms with Crippen LogP contribution in [0, 0.1) is 0 Å². The molecule has 0 aliphatic carbocycles. The Bertz CT molecular complexity index is 360. The number of rotatable bonds is 5. The molecule has 0 saturated carbocycles. The van der Waals surface area contributed by atoms with Crippen molar-refractivity contribution in [1.29, 1.82) is 0 Å². The van der Waals surface area contributed by atoms with E-state index in [-0.39, 0.29) is 11.7 Å². The molecule has 0 fully saturated rings. The van der Waals surface area contributed by atoms with E-state index < -0.39 is 0 Å². The average molecular weight is 237 g/mol. The van der Waals surface area contributed by atoms with Crippen molar-refractivity contribution < 1.29 is 9.90 Å². The summed E-state index contributed by atoms with van der Waals surface area (Å²) < 4.78 is 0. The molecule has 16 heavy (non-hydrogen) atoms. The first-order valence-corrected chi connectivity index (χ1v) is 6.26. The minimum atomic E-state index is -0.0758. The highest BCUT2D eigenvalue weighted by atomic mass is 32.2. The molecule has 0 aliphatic rings. The van der Waals surface area contributed by atoms with Crippen LogP contribution in [-0.4, -0.2) is 23.8 Å². The first-order chi connectivity index (χ1) is 7.72. The van der Waals surface area contributed by atoms with Crippen molar-refractivity contribution >= 4 is 17.7 Å². The summed E-state index contributed by atoms with van der Waals surface area (Å²) in [5.41, 5.74) is 1.09. The fraction of sp³-hybridized carbons (Fsp3) is 0.250. The molecular formula is C12H15NO2S. The van der Waals surface area contributed by atoms with E-state index in [4.69, 9.17) is 5.11 Å². The van der Waals surface area contributed by atoms with Crippen LogP contribution in [0.1, 0.15) is 5.56 Å². The first-order valence-electron chi connectivity index (χ1n) is 4.97. The number of carbonyl (C=O) groups excluding carboxylic acids is 1. The lowest BCUT2D eigenvalue weighted by molar-refractivity contribution is -0.116. The maximum Gasteiger partial charge on any atom is 0.244 e. The van der Waals surface area contributed by atoms with E-state index in [1.165, 1.54) is 17.8 Å². The minimum Gasteiger partial charge on any atom is -0.508 e. The second kappa shape index (κ2) is 6.95. The third-order valence-corrected chi connectivity index (χ3v) is 2.41. The number of phenolic OH excluding ortho intramolecular Hbond substituents is 1. The van der Waals surface area contributed by atoms with Crippen molar-refractivity contribution in [3.8, 4) is 5.75 Å². The molecule has 0 atom stereocenters. The van der Waals surface area contributed by atoms with Crippen LogP contribution in [0.15, 0.2) is 35.7 Å². The summed E-state index contributed by atoms with van der Waals surface area (Å²) in [5, 5.41) is 13.6. The number of carbonyl (C=O) groups is 1. The van der Waals surface area contributed by atoms with Gasteiger partial charge in [0.1, 0.15) is 5.75 Å². The number of nitrogens with one attached hydrogen (secondary N) is 1. The van der Waals surface area contributed by atoms with E-state index in [0.717, 1.165) is 12.0 Å². The Morgan fingerprint density at radius 1 is 1.44 bits per heavy atom. The highest BCUT2D eigenvalue weighted by Gasteiger charge is 1.96. The van der Waals surface area contributed by atoms with Gasteiger partial charge in [-0.15, -0.1) is 11.8 Å². The van der Waals surface area contributed by atoms with Crippen LogP contribution in [0.5, 0.6) is 5.75 Å². The number of hydrogen-bond acceptors (Lipinski definition) is 3. The Balaban J connectivity index is 2.28. The SMILES string of the molecule is CS/C=C\C(=O)NCCc1ccc(O)cc1. The zero-order chi connectivity index (χ0) is 11.8. The second-order valence-electron chi connectivity index (χ2n) is 3.25. The van der Waals surface area contributed by atoms with Crippen LogP contribution in [0.4, 0.5) is 0 Å². The summed E-state index contributed by atoms with van der Waals surface area (Å²) in [6.45, 7) is 0.600. The van der Waals surface area contributed by atoms with Crippen molar-refractivity contribution in [3.63, 3.8) is 0 Å². The van der Waals surface area contributed by atoms with Gasteiger partial charge in [0.05, 0.1) is 0 Å². The molecule has 1 amide bonds. The van der Waals surface area contributed by atoms with Crippen molar-refractivity contribution in [1.82, 2.24) is 5.32 Å². The Hall–Kier alpha value is -1.42. The Labute approximate surface area is 99.6 Å². The van der Waals surface area contributed by atoms with Crippen LogP contribution >= 0.6 is 11.8 Å². The largest absolute Gasteiger partial charge is 0.508 e. The first kappa shape index (κ1) is 12.6. The zero-order valence-corrected chi connectivity index (χ0v) is 9.96. The van der Waals surface area contributed by atoms with E-state index >= 15 is 0 Å². The van der Waals surface area contributed by atoms with Crippen LogP contribution in [0.2, 0.25) is 0 Å². The van der Waals surface area contributed by atoms with E-state index in [1.807, 2.05) is 18.4 Å². The van der Waals surface area contributed by atoms with E-state index in [0.29, 0.717) is 6.54 Å². The van der Waals surface area contributed by atoms with Gasteiger partial charge in [-0.25, -0.2) is 0 Å². The summed E-state index contributed by atoms with van der Waals surface area (Å²) in [5.74, 6) is 0.184. The molecule has 0 unspecified atom stereocenters. The summed E-state index contributed by atoms with van der Waals surface area (Å²) >= 11 is 1.49. The summed E-state index contributed by atoms with van der Waals surface area (Å²) in [6.07, 6.45) is 4.18. The topological polar surface area (TPSA) is 49.3 Å². The normalized spacial score (nSPS) is 10.6. The summed E-state index contributed by atoms with van der Waals surface area (Å²) in [6, 6.07) is 6.98. The van der Waals surface area contributed by atoms with Crippen molar-refractivity contribution in [3.05, 3.63) is 41.3 Å². The molecule has 86 valence electrons. The second-order valence-corrected chi connectivity index (χ2v) is 3.99. The van der Waals surface area contributed by atoms with Crippen molar-refractivity contribution in [2.24, 2.45) is 0 Å². The van der Waals surface area contributed by atoms with E-state index in [9.17, 15) is 4.79 Å². The summed E-state index contributed by atoms with van der Waals surface area (Å²) in [7, 11) is 0. The average Bonchev–Trinajstić information content (AvgIpc) is 2.29. The van der Waals surface area contributed by atoms with Crippen LogP contribution in [0.3, 0.4) is 0 Å². The Morgan fingerprint density at radius 2 is 2.12 bits per heavy atom. The van der Waals surface area contributed by atoms with Gasteiger partial charge in [-0.1, -0.05) is 12.1 Å². The molecule has 0 radical (unpaired) electrons. The van der Waals surface area contributed by atoms with Gasteiger partial charge in [0.2, 0.25) is 5.91 Å². The lowest BCUT2D eigenvalue weighted by Crippen LogP contribution is -2.23. The molecule has 1 rings (SSSR count). The number of benzene rings is 1. The van der Waals surface area contributed by atoms with Gasteiger partial charge in [0, 0.05) is 12.6 Å². The smallest absolute Gasteiger partial charge is 0.244 e. The van der Waals surface area contributed by atoms with E-state index in [1.54, 1.807) is 17.5 Å². The number of aromatic hydroxyl groups is 1. The molecule has 0 heterocycles. The molecule has 0 spiro atoms. The van der Waals surface area contributed by atoms with Crippen LogP contribution in [0.25, 0.3) is 0 Å². The molecule has 0 saturated heterocycles. The number of amides is 1. The molecule has 0 aromatic heterocycles. The highest BCUT2D eigenvalue weighted by molar-refractivity contribution is 8.01. The molecule has 1 aromatic rings. The Kier molecular flexibility index (Phi) is 5.50. The molecule has 0 bridgehead atoms. The quantitative estimate of drug-likeness (QED) is 0.769. The molecule has 4 heteroatoms. The van der Waals surface area contributed by atoms with Crippen LogP contribution < -0.4 is 5.32 Å². The minimum absolute atomic E-state index is 0.0758. The zero-order valence-electron chi connectivity index (χ0n) is 9.14. The molecule has 0 aliphatic heterocycles. The number of thioether (sulfide) groups is 1. The van der Waals surface area contributed by atoms with Gasteiger partial charge in [-0.2, -0.15) is 0 Å². The predicted octanol–water partition coefficient (Wildman–Crippen LogP) is 1.93. The van der Waals surface area contributed by atoms with Gasteiger partial charge in [-0.3, -0.25) is 4.79 Å². The third kappa shape index (κ3) is 4.89. The number of hydrogen-bond donors (Lipinski definition) is 2. The van der Waals surface area contributed by atoms with Crippen LogP contribution in [-0.2, 0) is 11.2 Å². The molecule has 2 N–H and O–H groups in total. The summed E-state index contributed by atoms with van der Waals surface area (Å²) in [4.78, 5) is 11.2. The van der Waals surface area contributed by atoms with Gasteiger partial charge in [0.25, 0.3) is 0 Å². The lowest BCUT2D eigenvalue weighted by Gasteiger charge is -2.02. The van der Waals surface area contributed by atoms with Gasteiger partial charge in [0.15, 0.2) is 0 Å². The maximum atomic E-state index is 11.2. The molecule has 3 nitrogen and oxygen atoms in total. The lowest BCUT2D eigenvalue weighted by atomic mass is 10.1. The number of phenols is 1. The van der Waals surface area contributed by atoms with Crippen molar-refractivity contribution in [2.45, 2.75) is 6.42 Å². The Morgan fingerprint density at radius 3 is 2.75 bits per heavy atom. The van der Waals surface area contributed by atoms with E-state index in [2.05, 4.69) is 5.32 Å². The van der Waals surface area contributed by atoms with Gasteiger partial charge in [-0.05, 0) is 35.8 Å². The van der Waals surface area contributed by atoms with Gasteiger partial charge >= 0.3 is 0 Å². The third-order valence-electron chi connectivity index (χ3n) is 2.00. The van der Waals surface area contributed by atoms with Crippen molar-refractivity contribution in [2.75, 3.05) is 12.8 Å². The maximum absolute atomic E-state index is 11.2. The predicted molar refractivity (Wildman–Crippen MR) is 67.5 cm³/mol. The molecule has 1 aromatic carbocycles. The fourth-order valence-electron chi connectivity index (χ4n) is 1.18.